The van der Waals surface area contributed by atoms with Crippen molar-refractivity contribution in [2.45, 2.75) is 26.4 Å². The minimum absolute atomic E-state index is 0.141. The molecule has 1 aliphatic heterocycles. The molecule has 0 aromatic heterocycles. The van der Waals surface area contributed by atoms with Crippen LogP contribution in [0.25, 0.3) is 11.1 Å². The van der Waals surface area contributed by atoms with E-state index in [2.05, 4.69) is 60.4 Å². The Kier molecular flexibility index (Phi) is 5.27. The number of para-hydroxylation sites is 1. The van der Waals surface area contributed by atoms with Gasteiger partial charge < -0.3 is 4.90 Å². The Morgan fingerprint density at radius 2 is 1.64 bits per heavy atom. The molecule has 1 heterocycles. The number of amides is 1. The predicted molar refractivity (Wildman–Crippen MR) is 115 cm³/mol. The highest BCUT2D eigenvalue weighted by molar-refractivity contribution is 6.01. The summed E-state index contributed by atoms with van der Waals surface area (Å²) < 4.78 is 0. The topological polar surface area (TPSA) is 23.6 Å². The van der Waals surface area contributed by atoms with Crippen LogP contribution in [0, 0.1) is 6.92 Å². The highest BCUT2D eigenvalue weighted by Crippen LogP contribution is 2.32. The van der Waals surface area contributed by atoms with Crippen molar-refractivity contribution in [3.05, 3.63) is 90.0 Å². The fourth-order valence-corrected chi connectivity index (χ4v) is 3.98. The van der Waals surface area contributed by atoms with Gasteiger partial charge in [0.15, 0.2) is 0 Å². The maximum atomic E-state index is 13.3. The van der Waals surface area contributed by atoms with Gasteiger partial charge in [-0.25, -0.2) is 0 Å². The molecule has 3 heteroatoms. The SMILES string of the molecule is Cc1cccc(CN2CCN(c3ccccc3-c3ccccc3)C(=O)[C@H]2C)c1. The molecular formula is C25H26N2O. The molecule has 0 N–H and O–H groups in total. The third kappa shape index (κ3) is 3.71. The van der Waals surface area contributed by atoms with E-state index in [4.69, 9.17) is 0 Å². The van der Waals surface area contributed by atoms with Gasteiger partial charge in [0.2, 0.25) is 5.91 Å². The monoisotopic (exact) mass is 370 g/mol. The number of piperazine rings is 1. The minimum Gasteiger partial charge on any atom is -0.309 e. The van der Waals surface area contributed by atoms with Crippen molar-refractivity contribution in [3.63, 3.8) is 0 Å². The summed E-state index contributed by atoms with van der Waals surface area (Å²) in [4.78, 5) is 17.5. The summed E-state index contributed by atoms with van der Waals surface area (Å²) in [6, 6.07) is 26.9. The molecule has 0 unspecified atom stereocenters. The molecule has 3 aromatic carbocycles. The molecule has 1 aliphatic rings. The first-order valence-electron chi connectivity index (χ1n) is 9.89. The van der Waals surface area contributed by atoms with E-state index in [0.29, 0.717) is 6.54 Å². The van der Waals surface area contributed by atoms with E-state index >= 15 is 0 Å². The Bertz CT molecular complexity index is 967. The van der Waals surface area contributed by atoms with Crippen molar-refractivity contribution in [1.82, 2.24) is 4.90 Å². The summed E-state index contributed by atoms with van der Waals surface area (Å²) in [5.41, 5.74) is 5.77. The lowest BCUT2D eigenvalue weighted by molar-refractivity contribution is -0.125. The first-order valence-corrected chi connectivity index (χ1v) is 9.89. The van der Waals surface area contributed by atoms with Crippen LogP contribution in [-0.2, 0) is 11.3 Å². The zero-order valence-electron chi connectivity index (χ0n) is 16.5. The standard InChI is InChI=1S/C25H26N2O/c1-19-9-8-10-21(17-19)18-26-15-16-27(25(28)20(26)2)24-14-7-6-13-23(24)22-11-4-3-5-12-22/h3-14,17,20H,15-16,18H2,1-2H3/t20-/m1/s1. The second-order valence-electron chi connectivity index (χ2n) is 7.51. The first kappa shape index (κ1) is 18.5. The van der Waals surface area contributed by atoms with E-state index in [1.165, 1.54) is 11.1 Å². The van der Waals surface area contributed by atoms with Gasteiger partial charge in [0.1, 0.15) is 0 Å². The van der Waals surface area contributed by atoms with Crippen LogP contribution in [0.15, 0.2) is 78.9 Å². The van der Waals surface area contributed by atoms with Gasteiger partial charge in [-0.3, -0.25) is 9.69 Å². The largest absolute Gasteiger partial charge is 0.309 e. The van der Waals surface area contributed by atoms with E-state index in [1.807, 2.05) is 42.2 Å². The number of nitrogens with zero attached hydrogens (tertiary/aromatic N) is 2. The van der Waals surface area contributed by atoms with Crippen LogP contribution in [0.5, 0.6) is 0 Å². The van der Waals surface area contributed by atoms with Crippen molar-refractivity contribution in [2.24, 2.45) is 0 Å². The quantitative estimate of drug-likeness (QED) is 0.652. The fourth-order valence-electron chi connectivity index (χ4n) is 3.98. The Balaban J connectivity index is 1.57. The molecule has 0 saturated carbocycles. The maximum Gasteiger partial charge on any atom is 0.244 e. The molecule has 28 heavy (non-hydrogen) atoms. The van der Waals surface area contributed by atoms with E-state index in [1.54, 1.807) is 0 Å². The summed E-state index contributed by atoms with van der Waals surface area (Å²) in [5.74, 6) is 0.169. The molecule has 0 aliphatic carbocycles. The zero-order chi connectivity index (χ0) is 19.5. The van der Waals surface area contributed by atoms with E-state index in [9.17, 15) is 4.79 Å². The lowest BCUT2D eigenvalue weighted by Crippen LogP contribution is -2.55. The van der Waals surface area contributed by atoms with Gasteiger partial charge in [0.05, 0.1) is 11.7 Å². The molecule has 3 aromatic rings. The normalized spacial score (nSPS) is 17.7. The average molecular weight is 370 g/mol. The number of anilines is 1. The van der Waals surface area contributed by atoms with Gasteiger partial charge in [-0.2, -0.15) is 0 Å². The number of hydrogen-bond donors (Lipinski definition) is 0. The maximum absolute atomic E-state index is 13.3. The van der Waals surface area contributed by atoms with Crippen LogP contribution in [0.4, 0.5) is 5.69 Å². The van der Waals surface area contributed by atoms with Crippen LogP contribution in [0.2, 0.25) is 0 Å². The van der Waals surface area contributed by atoms with Crippen LogP contribution in [0.3, 0.4) is 0 Å². The molecule has 1 atom stereocenters. The lowest BCUT2D eigenvalue weighted by atomic mass is 10.0. The molecular weight excluding hydrogens is 344 g/mol. The van der Waals surface area contributed by atoms with Crippen LogP contribution in [0.1, 0.15) is 18.1 Å². The number of aryl methyl sites for hydroxylation is 1. The van der Waals surface area contributed by atoms with Crippen LogP contribution < -0.4 is 4.90 Å². The number of hydrogen-bond acceptors (Lipinski definition) is 2. The molecule has 1 fully saturated rings. The summed E-state index contributed by atoms with van der Waals surface area (Å²) in [7, 11) is 0. The molecule has 4 rings (SSSR count). The average Bonchev–Trinajstić information content (AvgIpc) is 2.72. The van der Waals surface area contributed by atoms with Crippen molar-refractivity contribution in [2.75, 3.05) is 18.0 Å². The van der Waals surface area contributed by atoms with Crippen LogP contribution >= 0.6 is 0 Å². The summed E-state index contributed by atoms with van der Waals surface area (Å²) in [6.07, 6.45) is 0. The number of rotatable bonds is 4. The molecule has 0 spiro atoms. The Morgan fingerprint density at radius 3 is 2.43 bits per heavy atom. The molecule has 0 radical (unpaired) electrons. The Hall–Kier alpha value is -2.91. The number of benzene rings is 3. The van der Waals surface area contributed by atoms with E-state index in [-0.39, 0.29) is 11.9 Å². The smallest absolute Gasteiger partial charge is 0.244 e. The van der Waals surface area contributed by atoms with Crippen LogP contribution in [-0.4, -0.2) is 29.9 Å². The second kappa shape index (κ2) is 7.99. The second-order valence-corrected chi connectivity index (χ2v) is 7.51. The fraction of sp³-hybridized carbons (Fsp3) is 0.240. The van der Waals surface area contributed by atoms with E-state index in [0.717, 1.165) is 29.9 Å². The summed E-state index contributed by atoms with van der Waals surface area (Å²) in [6.45, 7) is 6.51. The molecule has 142 valence electrons. The molecule has 3 nitrogen and oxygen atoms in total. The number of carbonyl (C=O) groups excluding carboxylic acids is 1. The van der Waals surface area contributed by atoms with Gasteiger partial charge in [-0.15, -0.1) is 0 Å². The van der Waals surface area contributed by atoms with Crippen molar-refractivity contribution in [1.29, 1.82) is 0 Å². The highest BCUT2D eigenvalue weighted by Gasteiger charge is 2.33. The third-order valence-corrected chi connectivity index (χ3v) is 5.53. The number of carbonyl (C=O) groups is 1. The Labute approximate surface area is 167 Å². The van der Waals surface area contributed by atoms with Gasteiger partial charge in [0.25, 0.3) is 0 Å². The van der Waals surface area contributed by atoms with Gasteiger partial charge in [-0.1, -0.05) is 78.4 Å². The predicted octanol–water partition coefficient (Wildman–Crippen LogP) is 4.90. The van der Waals surface area contributed by atoms with Crippen molar-refractivity contribution >= 4 is 11.6 Å². The van der Waals surface area contributed by atoms with E-state index < -0.39 is 0 Å². The lowest BCUT2D eigenvalue weighted by Gasteiger charge is -2.39. The van der Waals surface area contributed by atoms with Gasteiger partial charge in [0, 0.05) is 25.2 Å². The zero-order valence-corrected chi connectivity index (χ0v) is 16.5. The highest BCUT2D eigenvalue weighted by atomic mass is 16.2. The summed E-state index contributed by atoms with van der Waals surface area (Å²) in [5, 5.41) is 0. The first-order chi connectivity index (χ1) is 13.6. The summed E-state index contributed by atoms with van der Waals surface area (Å²) >= 11 is 0. The molecule has 1 saturated heterocycles. The van der Waals surface area contributed by atoms with Crippen molar-refractivity contribution in [3.8, 4) is 11.1 Å². The third-order valence-electron chi connectivity index (χ3n) is 5.53. The molecule has 1 amide bonds. The van der Waals surface area contributed by atoms with Crippen molar-refractivity contribution < 1.29 is 4.79 Å². The Morgan fingerprint density at radius 1 is 0.893 bits per heavy atom. The molecule has 0 bridgehead atoms. The van der Waals surface area contributed by atoms with Gasteiger partial charge in [-0.05, 0) is 31.0 Å². The van der Waals surface area contributed by atoms with Gasteiger partial charge >= 0.3 is 0 Å². The minimum atomic E-state index is -0.141.